The van der Waals surface area contributed by atoms with Crippen molar-refractivity contribution in [3.63, 3.8) is 0 Å². The number of nitrogens with one attached hydrogen (secondary N) is 2. The Bertz CT molecular complexity index is 998. The second kappa shape index (κ2) is 10.9. The van der Waals surface area contributed by atoms with Gasteiger partial charge >= 0.3 is 0 Å². The first kappa shape index (κ1) is 22.0. The van der Waals surface area contributed by atoms with Crippen LogP contribution in [0, 0.1) is 0 Å². The Labute approximate surface area is 182 Å². The number of rotatable bonds is 9. The van der Waals surface area contributed by atoms with Gasteiger partial charge in [-0.05, 0) is 79.8 Å². The van der Waals surface area contributed by atoms with Crippen LogP contribution in [0.4, 0.5) is 22.7 Å². The monoisotopic (exact) mass is 417 g/mol. The number of azo groups is 1. The summed E-state index contributed by atoms with van der Waals surface area (Å²) in [6.45, 7) is 1.34. The molecule has 0 radical (unpaired) electrons. The van der Waals surface area contributed by atoms with Crippen molar-refractivity contribution in [3.8, 4) is 5.75 Å². The van der Waals surface area contributed by atoms with E-state index >= 15 is 0 Å². The van der Waals surface area contributed by atoms with Gasteiger partial charge in [0, 0.05) is 37.6 Å². The maximum absolute atomic E-state index is 12.4. The normalized spacial score (nSPS) is 10.8. The van der Waals surface area contributed by atoms with Crippen molar-refractivity contribution in [2.75, 3.05) is 44.5 Å². The number of carbonyl (C=O) groups excluding carboxylic acids is 1. The summed E-state index contributed by atoms with van der Waals surface area (Å²) in [5.41, 5.74) is 3.84. The van der Waals surface area contributed by atoms with Crippen LogP contribution >= 0.6 is 0 Å². The van der Waals surface area contributed by atoms with Crippen molar-refractivity contribution >= 4 is 28.7 Å². The van der Waals surface area contributed by atoms with Gasteiger partial charge in [0.1, 0.15) is 12.4 Å². The predicted molar refractivity (Wildman–Crippen MR) is 125 cm³/mol. The first-order chi connectivity index (χ1) is 15.0. The van der Waals surface area contributed by atoms with Crippen LogP contribution < -0.4 is 20.3 Å². The van der Waals surface area contributed by atoms with Gasteiger partial charge in [0.25, 0.3) is 5.91 Å². The van der Waals surface area contributed by atoms with Gasteiger partial charge in [0.2, 0.25) is 0 Å². The Morgan fingerprint density at radius 3 is 2.00 bits per heavy atom. The third-order valence-electron chi connectivity index (χ3n) is 4.51. The molecule has 3 aromatic carbocycles. The highest BCUT2D eigenvalue weighted by Crippen LogP contribution is 2.23. The predicted octanol–water partition coefficient (Wildman–Crippen LogP) is 5.02. The molecule has 3 rings (SSSR count). The molecule has 31 heavy (non-hydrogen) atoms. The van der Waals surface area contributed by atoms with Gasteiger partial charge < -0.3 is 20.3 Å². The number of benzene rings is 3. The number of hydrogen-bond donors (Lipinski definition) is 2. The second-order valence-electron chi connectivity index (χ2n) is 7.09. The Balaban J connectivity index is 1.55. The number of ether oxygens (including phenoxy) is 1. The van der Waals surface area contributed by atoms with E-state index in [0.29, 0.717) is 23.5 Å². The second-order valence-corrected chi connectivity index (χ2v) is 7.09. The zero-order valence-electron chi connectivity index (χ0n) is 18.0. The molecule has 2 N–H and O–H groups in total. The van der Waals surface area contributed by atoms with Crippen LogP contribution in [0.5, 0.6) is 5.75 Å². The molecule has 1 amide bonds. The summed E-state index contributed by atoms with van der Waals surface area (Å²) in [4.78, 5) is 14.5. The van der Waals surface area contributed by atoms with E-state index in [-0.39, 0.29) is 5.91 Å². The average molecular weight is 418 g/mol. The molecule has 0 aliphatic carbocycles. The van der Waals surface area contributed by atoms with Gasteiger partial charge in [0.15, 0.2) is 0 Å². The van der Waals surface area contributed by atoms with Crippen molar-refractivity contribution in [3.05, 3.63) is 78.4 Å². The van der Waals surface area contributed by atoms with Crippen LogP contribution in [0.15, 0.2) is 83.0 Å². The highest BCUT2D eigenvalue weighted by molar-refractivity contribution is 6.04. The summed E-state index contributed by atoms with van der Waals surface area (Å²) >= 11 is 0. The molecule has 3 aromatic rings. The van der Waals surface area contributed by atoms with Crippen molar-refractivity contribution in [2.24, 2.45) is 10.2 Å². The van der Waals surface area contributed by atoms with Gasteiger partial charge in [-0.25, -0.2) is 0 Å². The number of anilines is 2. The molecule has 7 heteroatoms. The number of carbonyl (C=O) groups is 1. The molecule has 0 atom stereocenters. The number of amides is 1. The van der Waals surface area contributed by atoms with Crippen LogP contribution in [0.3, 0.4) is 0 Å². The lowest BCUT2D eigenvalue weighted by Gasteiger charge is -2.11. The molecule has 0 saturated carbocycles. The summed E-state index contributed by atoms with van der Waals surface area (Å²) in [7, 11) is 5.86. The van der Waals surface area contributed by atoms with Gasteiger partial charge in [0.05, 0.1) is 11.4 Å². The van der Waals surface area contributed by atoms with Gasteiger partial charge in [-0.15, -0.1) is 0 Å². The summed E-state index contributed by atoms with van der Waals surface area (Å²) < 4.78 is 5.57. The van der Waals surface area contributed by atoms with E-state index < -0.39 is 0 Å². The summed E-state index contributed by atoms with van der Waals surface area (Å²) in [5.74, 6) is 0.551. The Kier molecular flexibility index (Phi) is 7.73. The van der Waals surface area contributed by atoms with Crippen molar-refractivity contribution in [2.45, 2.75) is 0 Å². The maximum atomic E-state index is 12.4. The van der Waals surface area contributed by atoms with E-state index in [9.17, 15) is 4.79 Å². The fourth-order valence-electron chi connectivity index (χ4n) is 2.72. The first-order valence-corrected chi connectivity index (χ1v) is 10.0. The summed E-state index contributed by atoms with van der Waals surface area (Å²) in [6.07, 6.45) is 0. The zero-order chi connectivity index (χ0) is 22.1. The third kappa shape index (κ3) is 6.65. The molecule has 0 fully saturated rings. The van der Waals surface area contributed by atoms with E-state index in [1.807, 2.05) is 62.4 Å². The molecule has 7 nitrogen and oxygen atoms in total. The van der Waals surface area contributed by atoms with Crippen molar-refractivity contribution in [1.82, 2.24) is 5.32 Å². The molecule has 0 bridgehead atoms. The number of nitrogens with zero attached hydrogens (tertiary/aromatic N) is 3. The van der Waals surface area contributed by atoms with Crippen molar-refractivity contribution in [1.29, 1.82) is 0 Å². The van der Waals surface area contributed by atoms with Crippen LogP contribution in [-0.4, -0.2) is 40.2 Å². The van der Waals surface area contributed by atoms with E-state index in [1.54, 1.807) is 36.4 Å². The Hall–Kier alpha value is -3.71. The zero-order valence-corrected chi connectivity index (χ0v) is 18.0. The molecule has 0 aliphatic rings. The van der Waals surface area contributed by atoms with Crippen LogP contribution in [0.2, 0.25) is 0 Å². The van der Waals surface area contributed by atoms with Crippen LogP contribution in [0.1, 0.15) is 10.4 Å². The Morgan fingerprint density at radius 2 is 1.45 bits per heavy atom. The third-order valence-corrected chi connectivity index (χ3v) is 4.51. The smallest absolute Gasteiger partial charge is 0.255 e. The molecule has 0 aliphatic heterocycles. The van der Waals surface area contributed by atoms with Gasteiger partial charge in [-0.2, -0.15) is 10.2 Å². The molecule has 0 heterocycles. The fraction of sp³-hybridized carbons (Fsp3) is 0.208. The molecular weight excluding hydrogens is 390 g/mol. The van der Waals surface area contributed by atoms with Crippen molar-refractivity contribution < 1.29 is 9.53 Å². The molecule has 0 unspecified atom stereocenters. The van der Waals surface area contributed by atoms with Gasteiger partial charge in [-0.1, -0.05) is 0 Å². The van der Waals surface area contributed by atoms with Crippen LogP contribution in [0.25, 0.3) is 0 Å². The van der Waals surface area contributed by atoms with Gasteiger partial charge in [-0.3, -0.25) is 4.79 Å². The maximum Gasteiger partial charge on any atom is 0.255 e. The van der Waals surface area contributed by atoms with Crippen LogP contribution in [-0.2, 0) is 0 Å². The topological polar surface area (TPSA) is 78.3 Å². The molecule has 160 valence electrons. The quantitative estimate of drug-likeness (QED) is 0.379. The minimum Gasteiger partial charge on any atom is -0.492 e. The largest absolute Gasteiger partial charge is 0.492 e. The SMILES string of the molecule is CNCCOc1ccc(C(=O)Nc2ccc(N=Nc3ccc(N(C)C)cc3)cc2)cc1. The number of likely N-dealkylation sites (N-methyl/N-ethyl adjacent to an activating group) is 1. The minimum atomic E-state index is -0.183. The highest BCUT2D eigenvalue weighted by Gasteiger charge is 2.06. The molecule has 0 aromatic heterocycles. The number of hydrogen-bond acceptors (Lipinski definition) is 6. The lowest BCUT2D eigenvalue weighted by Crippen LogP contribution is -2.16. The first-order valence-electron chi connectivity index (χ1n) is 10.0. The van der Waals surface area contributed by atoms with E-state index in [1.165, 1.54) is 0 Å². The van der Waals surface area contributed by atoms with E-state index in [4.69, 9.17) is 4.74 Å². The highest BCUT2D eigenvalue weighted by atomic mass is 16.5. The fourth-order valence-corrected chi connectivity index (χ4v) is 2.72. The minimum absolute atomic E-state index is 0.183. The summed E-state index contributed by atoms with van der Waals surface area (Å²) in [5, 5.41) is 14.4. The molecular formula is C24H27N5O2. The lowest BCUT2D eigenvalue weighted by molar-refractivity contribution is 0.102. The molecule has 0 saturated heterocycles. The van der Waals surface area contributed by atoms with E-state index in [0.717, 1.165) is 23.7 Å². The summed E-state index contributed by atoms with van der Waals surface area (Å²) in [6, 6.07) is 22.1. The molecule has 0 spiro atoms. The average Bonchev–Trinajstić information content (AvgIpc) is 2.79. The standard InChI is InChI=1S/C24H27N5O2/c1-25-16-17-31-23-14-4-18(5-15-23)24(30)26-19-6-8-20(9-7-19)27-28-21-10-12-22(13-11-21)29(2)3/h4-15,25H,16-17H2,1-3H3,(H,26,30). The Morgan fingerprint density at radius 1 is 0.871 bits per heavy atom. The lowest BCUT2D eigenvalue weighted by atomic mass is 10.2. The van der Waals surface area contributed by atoms with E-state index in [2.05, 4.69) is 20.9 Å².